The van der Waals surface area contributed by atoms with Gasteiger partial charge in [-0.15, -0.1) is 0 Å². The normalized spacial score (nSPS) is 20.6. The molecule has 1 fully saturated rings. The van der Waals surface area contributed by atoms with Gasteiger partial charge in [-0.05, 0) is 31.5 Å². The van der Waals surface area contributed by atoms with Crippen LogP contribution in [0.1, 0.15) is 50.8 Å². The molecule has 17 heavy (non-hydrogen) atoms. The van der Waals surface area contributed by atoms with Crippen LogP contribution in [0.15, 0.2) is 0 Å². The van der Waals surface area contributed by atoms with Crippen molar-refractivity contribution in [2.45, 2.75) is 57.4 Å². The van der Waals surface area contributed by atoms with Crippen LogP contribution in [0.3, 0.4) is 0 Å². The summed E-state index contributed by atoms with van der Waals surface area (Å²) in [5, 5.41) is 6.98. The van der Waals surface area contributed by atoms with Gasteiger partial charge in [0.1, 0.15) is 5.82 Å². The first-order valence-electron chi connectivity index (χ1n) is 6.06. The number of hydrogen-bond acceptors (Lipinski definition) is 2. The number of nitrogens with zero attached hydrogens (tertiary/aromatic N) is 2. The summed E-state index contributed by atoms with van der Waals surface area (Å²) in [5.74, 6) is -1.51. The molecule has 0 bridgehead atoms. The molecular formula is C11H17F2N3S. The smallest absolute Gasteiger partial charge is 0.248 e. The van der Waals surface area contributed by atoms with Gasteiger partial charge in [0.2, 0.25) is 5.92 Å². The average Bonchev–Trinajstić information content (AvgIpc) is 2.62. The lowest BCUT2D eigenvalue weighted by molar-refractivity contribution is -0.0390. The minimum Gasteiger partial charge on any atom is -0.304 e. The monoisotopic (exact) mass is 261 g/mol. The number of nitrogens with one attached hydrogen (secondary N) is 1. The second-order valence-corrected chi connectivity index (χ2v) is 5.06. The van der Waals surface area contributed by atoms with E-state index in [0.717, 1.165) is 18.8 Å². The molecule has 0 radical (unpaired) electrons. The molecule has 0 aliphatic heterocycles. The summed E-state index contributed by atoms with van der Waals surface area (Å²) in [6.45, 7) is 2.87. The lowest BCUT2D eigenvalue weighted by atomic mass is 9.86. The summed E-state index contributed by atoms with van der Waals surface area (Å²) in [6, 6.07) is 0. The van der Waals surface area contributed by atoms with Crippen LogP contribution in [0.4, 0.5) is 8.78 Å². The Labute approximate surface area is 104 Å². The van der Waals surface area contributed by atoms with Gasteiger partial charge in [0.25, 0.3) is 0 Å². The summed E-state index contributed by atoms with van der Waals surface area (Å²) >= 11 is 5.15. The molecule has 0 amide bonds. The summed E-state index contributed by atoms with van der Waals surface area (Å²) in [6.07, 6.45) is 1.88. The van der Waals surface area contributed by atoms with Gasteiger partial charge >= 0.3 is 0 Å². The molecule has 1 aromatic heterocycles. The Balaban J connectivity index is 2.16. The van der Waals surface area contributed by atoms with E-state index in [1.165, 1.54) is 0 Å². The highest BCUT2D eigenvalue weighted by molar-refractivity contribution is 7.71. The second kappa shape index (κ2) is 4.84. The molecule has 0 aromatic carbocycles. The van der Waals surface area contributed by atoms with Crippen LogP contribution in [0.2, 0.25) is 0 Å². The molecule has 6 heteroatoms. The van der Waals surface area contributed by atoms with Gasteiger partial charge in [-0.25, -0.2) is 8.78 Å². The molecule has 0 unspecified atom stereocenters. The predicted octanol–water partition coefficient (Wildman–Crippen LogP) is 3.64. The standard InChI is InChI=1S/C11H17F2N3S/c1-2-7-16-9(14-15-10(16)17)8-3-5-11(12,13)6-4-8/h8H,2-7H2,1H3,(H,15,17). The number of alkyl halides is 2. The van der Waals surface area contributed by atoms with Gasteiger partial charge in [-0.1, -0.05) is 6.92 Å². The van der Waals surface area contributed by atoms with Crippen molar-refractivity contribution in [2.75, 3.05) is 0 Å². The highest BCUT2D eigenvalue weighted by atomic mass is 32.1. The zero-order chi connectivity index (χ0) is 12.5. The molecule has 1 aliphatic rings. The van der Waals surface area contributed by atoms with E-state index in [2.05, 4.69) is 17.1 Å². The fraction of sp³-hybridized carbons (Fsp3) is 0.818. The van der Waals surface area contributed by atoms with Crippen molar-refractivity contribution in [3.63, 3.8) is 0 Å². The quantitative estimate of drug-likeness (QED) is 0.843. The number of rotatable bonds is 3. The third-order valence-corrected chi connectivity index (χ3v) is 3.63. The molecule has 3 nitrogen and oxygen atoms in total. The highest BCUT2D eigenvalue weighted by Crippen LogP contribution is 2.40. The Morgan fingerprint density at radius 2 is 2.12 bits per heavy atom. The minimum absolute atomic E-state index is 0.0383. The van der Waals surface area contributed by atoms with Crippen molar-refractivity contribution in [3.8, 4) is 0 Å². The first-order chi connectivity index (χ1) is 8.03. The number of aromatic nitrogens is 3. The molecule has 1 saturated carbocycles. The fourth-order valence-corrected chi connectivity index (χ4v) is 2.61. The number of hydrogen-bond donors (Lipinski definition) is 1. The Morgan fingerprint density at radius 1 is 1.47 bits per heavy atom. The van der Waals surface area contributed by atoms with Gasteiger partial charge in [-0.2, -0.15) is 5.10 Å². The molecule has 0 atom stereocenters. The summed E-state index contributed by atoms with van der Waals surface area (Å²) < 4.78 is 28.7. The van der Waals surface area contributed by atoms with E-state index in [1.807, 2.05) is 4.57 Å². The second-order valence-electron chi connectivity index (χ2n) is 4.67. The molecule has 1 heterocycles. The molecule has 1 N–H and O–H groups in total. The van der Waals surface area contributed by atoms with Crippen LogP contribution >= 0.6 is 12.2 Å². The lowest BCUT2D eigenvalue weighted by Gasteiger charge is -2.27. The Kier molecular flexibility index (Phi) is 3.61. The van der Waals surface area contributed by atoms with Gasteiger partial charge < -0.3 is 4.57 Å². The largest absolute Gasteiger partial charge is 0.304 e. The fourth-order valence-electron chi connectivity index (χ4n) is 2.38. The van der Waals surface area contributed by atoms with E-state index in [1.54, 1.807) is 0 Å². The van der Waals surface area contributed by atoms with Crippen molar-refractivity contribution in [1.29, 1.82) is 0 Å². The summed E-state index contributed by atoms with van der Waals surface area (Å²) in [5.41, 5.74) is 0. The van der Waals surface area contributed by atoms with Crippen LogP contribution in [0.25, 0.3) is 0 Å². The van der Waals surface area contributed by atoms with Gasteiger partial charge in [0.05, 0.1) is 0 Å². The third-order valence-electron chi connectivity index (χ3n) is 3.32. The van der Waals surface area contributed by atoms with Crippen molar-refractivity contribution in [2.24, 2.45) is 0 Å². The predicted molar refractivity (Wildman–Crippen MR) is 63.9 cm³/mol. The van der Waals surface area contributed by atoms with E-state index in [0.29, 0.717) is 17.6 Å². The Bertz CT molecular complexity index is 428. The molecule has 0 saturated heterocycles. The first-order valence-corrected chi connectivity index (χ1v) is 6.47. The molecule has 96 valence electrons. The van der Waals surface area contributed by atoms with E-state index >= 15 is 0 Å². The Hall–Kier alpha value is -0.780. The van der Waals surface area contributed by atoms with Crippen molar-refractivity contribution >= 4 is 12.2 Å². The van der Waals surface area contributed by atoms with Gasteiger partial charge in [-0.3, -0.25) is 5.10 Å². The van der Waals surface area contributed by atoms with E-state index < -0.39 is 5.92 Å². The third kappa shape index (κ3) is 2.73. The molecular weight excluding hydrogens is 244 g/mol. The zero-order valence-electron chi connectivity index (χ0n) is 9.88. The summed E-state index contributed by atoms with van der Waals surface area (Å²) in [4.78, 5) is 0. The molecule has 1 aromatic rings. The summed E-state index contributed by atoms with van der Waals surface area (Å²) in [7, 11) is 0. The number of aromatic amines is 1. The van der Waals surface area contributed by atoms with Crippen molar-refractivity contribution < 1.29 is 8.78 Å². The van der Waals surface area contributed by atoms with E-state index in [-0.39, 0.29) is 18.8 Å². The SMILES string of the molecule is CCCn1c(C2CCC(F)(F)CC2)n[nH]c1=S. The van der Waals surface area contributed by atoms with Crippen LogP contribution in [-0.4, -0.2) is 20.7 Å². The minimum atomic E-state index is -2.49. The van der Waals surface area contributed by atoms with Crippen LogP contribution in [-0.2, 0) is 6.54 Å². The van der Waals surface area contributed by atoms with E-state index in [4.69, 9.17) is 12.2 Å². The van der Waals surface area contributed by atoms with Crippen LogP contribution < -0.4 is 0 Å². The number of halogens is 2. The van der Waals surface area contributed by atoms with Crippen molar-refractivity contribution in [1.82, 2.24) is 14.8 Å². The van der Waals surface area contributed by atoms with Crippen LogP contribution in [0, 0.1) is 4.77 Å². The van der Waals surface area contributed by atoms with Gasteiger partial charge in [0, 0.05) is 25.3 Å². The number of H-pyrrole nitrogens is 1. The maximum Gasteiger partial charge on any atom is 0.248 e. The highest BCUT2D eigenvalue weighted by Gasteiger charge is 2.36. The van der Waals surface area contributed by atoms with Gasteiger partial charge in [0.15, 0.2) is 4.77 Å². The molecule has 2 rings (SSSR count). The van der Waals surface area contributed by atoms with E-state index in [9.17, 15) is 8.78 Å². The van der Waals surface area contributed by atoms with Crippen molar-refractivity contribution in [3.05, 3.63) is 10.6 Å². The molecule has 0 spiro atoms. The Morgan fingerprint density at radius 3 is 2.71 bits per heavy atom. The topological polar surface area (TPSA) is 33.6 Å². The first kappa shape index (κ1) is 12.7. The van der Waals surface area contributed by atoms with Crippen LogP contribution in [0.5, 0.6) is 0 Å². The zero-order valence-corrected chi connectivity index (χ0v) is 10.7. The average molecular weight is 261 g/mol. The molecule has 1 aliphatic carbocycles. The maximum atomic E-state index is 13.1. The maximum absolute atomic E-state index is 13.1. The lowest BCUT2D eigenvalue weighted by Crippen LogP contribution is -2.25.